The lowest BCUT2D eigenvalue weighted by Gasteiger charge is -2.23. The number of furan rings is 1. The summed E-state index contributed by atoms with van der Waals surface area (Å²) in [5.74, 6) is -1.69. The highest BCUT2D eigenvalue weighted by Gasteiger charge is 2.51. The number of rotatable bonds is 5. The third-order valence-corrected chi connectivity index (χ3v) is 4.65. The van der Waals surface area contributed by atoms with Crippen molar-refractivity contribution in [3.63, 3.8) is 0 Å². The molecule has 2 heterocycles. The number of imide groups is 1. The summed E-state index contributed by atoms with van der Waals surface area (Å²) in [6, 6.07) is 5.26. The van der Waals surface area contributed by atoms with E-state index in [9.17, 15) is 23.2 Å². The lowest BCUT2D eigenvalue weighted by molar-refractivity contribution is -0.138. The SMILES string of the molecule is Cc1ccc(CN(C)C(=O)CN2C(=O)N[C@@](C)(c3cc(F)ccc3F)C2=O)o1. The Hall–Kier alpha value is -3.23. The van der Waals surface area contributed by atoms with Gasteiger partial charge in [0.05, 0.1) is 6.54 Å². The van der Waals surface area contributed by atoms with Gasteiger partial charge in [0.25, 0.3) is 5.91 Å². The summed E-state index contributed by atoms with van der Waals surface area (Å²) in [4.78, 5) is 39.5. The largest absolute Gasteiger partial charge is 0.464 e. The van der Waals surface area contributed by atoms with Gasteiger partial charge in [-0.2, -0.15) is 0 Å². The summed E-state index contributed by atoms with van der Waals surface area (Å²) in [6.45, 7) is 2.66. The smallest absolute Gasteiger partial charge is 0.325 e. The molecular formula is C19H19F2N3O4. The van der Waals surface area contributed by atoms with Crippen LogP contribution in [0.25, 0.3) is 0 Å². The molecule has 2 aromatic rings. The van der Waals surface area contributed by atoms with E-state index in [-0.39, 0.29) is 12.1 Å². The molecule has 0 radical (unpaired) electrons. The van der Waals surface area contributed by atoms with E-state index in [0.717, 1.165) is 18.2 Å². The van der Waals surface area contributed by atoms with Crippen LogP contribution < -0.4 is 5.32 Å². The fraction of sp³-hybridized carbons (Fsp3) is 0.316. The van der Waals surface area contributed by atoms with Crippen LogP contribution in [0.5, 0.6) is 0 Å². The standard InChI is InChI=1S/C19H19F2N3O4/c1-11-4-6-13(28-11)9-23(3)16(25)10-24-17(26)19(2,22-18(24)27)14-8-12(20)5-7-15(14)21/h4-8H,9-10H2,1-3H3,(H,22,27)/t19-/m0/s1. The van der Waals surface area contributed by atoms with E-state index in [1.165, 1.54) is 18.9 Å². The average molecular weight is 391 g/mol. The van der Waals surface area contributed by atoms with E-state index in [1.807, 2.05) is 0 Å². The fourth-order valence-corrected chi connectivity index (χ4v) is 3.05. The number of halogens is 2. The second-order valence-corrected chi connectivity index (χ2v) is 6.83. The van der Waals surface area contributed by atoms with Crippen molar-refractivity contribution in [1.29, 1.82) is 0 Å². The molecule has 0 unspecified atom stereocenters. The Bertz CT molecular complexity index is 958. The Labute approximate surface area is 159 Å². The third kappa shape index (κ3) is 3.47. The first-order valence-corrected chi connectivity index (χ1v) is 8.50. The van der Waals surface area contributed by atoms with E-state index in [1.54, 1.807) is 19.1 Å². The topological polar surface area (TPSA) is 82.9 Å². The number of carbonyl (C=O) groups excluding carboxylic acids is 3. The Morgan fingerprint density at radius 3 is 2.61 bits per heavy atom. The summed E-state index contributed by atoms with van der Waals surface area (Å²) in [6.07, 6.45) is 0. The number of nitrogens with one attached hydrogen (secondary N) is 1. The molecule has 0 bridgehead atoms. The first-order valence-electron chi connectivity index (χ1n) is 8.50. The molecule has 1 saturated heterocycles. The van der Waals surface area contributed by atoms with Gasteiger partial charge in [0.2, 0.25) is 5.91 Å². The van der Waals surface area contributed by atoms with Crippen molar-refractivity contribution in [2.75, 3.05) is 13.6 Å². The van der Waals surface area contributed by atoms with E-state index < -0.39 is 41.6 Å². The monoisotopic (exact) mass is 391 g/mol. The van der Waals surface area contributed by atoms with Gasteiger partial charge >= 0.3 is 6.03 Å². The molecule has 0 saturated carbocycles. The Kier molecular flexibility index (Phi) is 4.93. The molecule has 9 heteroatoms. The average Bonchev–Trinajstić information content (AvgIpc) is 3.13. The van der Waals surface area contributed by atoms with Crippen LogP contribution in [-0.4, -0.2) is 41.2 Å². The number of benzene rings is 1. The molecule has 1 fully saturated rings. The summed E-state index contributed by atoms with van der Waals surface area (Å²) >= 11 is 0. The van der Waals surface area contributed by atoms with Gasteiger partial charge < -0.3 is 14.6 Å². The summed E-state index contributed by atoms with van der Waals surface area (Å²) in [5, 5.41) is 2.35. The zero-order valence-corrected chi connectivity index (χ0v) is 15.6. The Morgan fingerprint density at radius 2 is 1.96 bits per heavy atom. The molecule has 1 N–H and O–H groups in total. The minimum atomic E-state index is -1.81. The zero-order chi connectivity index (χ0) is 20.6. The van der Waals surface area contributed by atoms with Gasteiger partial charge in [0, 0.05) is 12.6 Å². The zero-order valence-electron chi connectivity index (χ0n) is 15.6. The molecule has 0 spiro atoms. The second-order valence-electron chi connectivity index (χ2n) is 6.83. The Morgan fingerprint density at radius 1 is 1.25 bits per heavy atom. The molecule has 3 rings (SSSR count). The van der Waals surface area contributed by atoms with Crippen LogP contribution in [-0.2, 0) is 21.7 Å². The van der Waals surface area contributed by atoms with Crippen LogP contribution in [0.2, 0.25) is 0 Å². The maximum atomic E-state index is 14.2. The highest BCUT2D eigenvalue weighted by atomic mass is 19.1. The molecule has 1 aromatic heterocycles. The maximum Gasteiger partial charge on any atom is 0.325 e. The van der Waals surface area contributed by atoms with Gasteiger partial charge in [0.15, 0.2) is 0 Å². The van der Waals surface area contributed by atoms with Gasteiger partial charge in [-0.05, 0) is 44.2 Å². The molecule has 1 atom stereocenters. The van der Waals surface area contributed by atoms with Crippen LogP contribution in [0.3, 0.4) is 0 Å². The van der Waals surface area contributed by atoms with Crippen LogP contribution in [0.15, 0.2) is 34.7 Å². The van der Waals surface area contributed by atoms with Gasteiger partial charge in [-0.1, -0.05) is 0 Å². The van der Waals surface area contributed by atoms with Crippen LogP contribution in [0.1, 0.15) is 24.0 Å². The van der Waals surface area contributed by atoms with Crippen molar-refractivity contribution in [1.82, 2.24) is 15.1 Å². The van der Waals surface area contributed by atoms with Gasteiger partial charge in [0.1, 0.15) is 35.2 Å². The molecular weight excluding hydrogens is 372 g/mol. The minimum Gasteiger partial charge on any atom is -0.464 e. The van der Waals surface area contributed by atoms with Gasteiger partial charge in [-0.3, -0.25) is 14.5 Å². The molecule has 4 amide bonds. The molecule has 28 heavy (non-hydrogen) atoms. The first kappa shape index (κ1) is 19.5. The van der Waals surface area contributed by atoms with Crippen LogP contribution >= 0.6 is 0 Å². The molecule has 0 aliphatic carbocycles. The van der Waals surface area contributed by atoms with Crippen molar-refractivity contribution in [3.05, 3.63) is 59.1 Å². The van der Waals surface area contributed by atoms with Crippen molar-refractivity contribution in [3.8, 4) is 0 Å². The van der Waals surface area contributed by atoms with Gasteiger partial charge in [-0.25, -0.2) is 13.6 Å². The number of amides is 4. The highest BCUT2D eigenvalue weighted by molar-refractivity contribution is 6.09. The highest BCUT2D eigenvalue weighted by Crippen LogP contribution is 2.31. The molecule has 1 aliphatic heterocycles. The lowest BCUT2D eigenvalue weighted by atomic mass is 9.91. The van der Waals surface area contributed by atoms with E-state index in [2.05, 4.69) is 5.32 Å². The predicted octanol–water partition coefficient (Wildman–Crippen LogP) is 2.29. The van der Waals surface area contributed by atoms with Crippen LogP contribution in [0, 0.1) is 18.6 Å². The summed E-state index contributed by atoms with van der Waals surface area (Å²) in [5.41, 5.74) is -2.11. The fourth-order valence-electron chi connectivity index (χ4n) is 3.05. The predicted molar refractivity (Wildman–Crippen MR) is 93.9 cm³/mol. The number of aryl methyl sites for hydroxylation is 1. The lowest BCUT2D eigenvalue weighted by Crippen LogP contribution is -2.44. The molecule has 1 aromatic carbocycles. The maximum absolute atomic E-state index is 14.2. The van der Waals surface area contributed by atoms with E-state index >= 15 is 0 Å². The minimum absolute atomic E-state index is 0.159. The third-order valence-electron chi connectivity index (χ3n) is 4.65. The van der Waals surface area contributed by atoms with Crippen molar-refractivity contribution >= 4 is 17.8 Å². The summed E-state index contributed by atoms with van der Waals surface area (Å²) < 4.78 is 33.1. The normalized spacial score (nSPS) is 19.1. The Balaban J connectivity index is 1.76. The quantitative estimate of drug-likeness (QED) is 0.793. The number of nitrogens with zero attached hydrogens (tertiary/aromatic N) is 2. The first-order chi connectivity index (χ1) is 13.1. The molecule has 148 valence electrons. The van der Waals surface area contributed by atoms with Crippen LogP contribution in [0.4, 0.5) is 13.6 Å². The summed E-state index contributed by atoms with van der Waals surface area (Å²) in [7, 11) is 1.50. The number of likely N-dealkylation sites (N-methyl/N-ethyl adjacent to an activating group) is 1. The van der Waals surface area contributed by atoms with Gasteiger partial charge in [-0.15, -0.1) is 0 Å². The number of carbonyl (C=O) groups is 3. The van der Waals surface area contributed by atoms with Crippen molar-refractivity contribution < 1.29 is 27.6 Å². The van der Waals surface area contributed by atoms with E-state index in [4.69, 9.17) is 4.42 Å². The second kappa shape index (κ2) is 7.06. The number of urea groups is 1. The number of hydrogen-bond acceptors (Lipinski definition) is 4. The van der Waals surface area contributed by atoms with Crippen molar-refractivity contribution in [2.24, 2.45) is 0 Å². The molecule has 1 aliphatic rings. The van der Waals surface area contributed by atoms with Crippen molar-refractivity contribution in [2.45, 2.75) is 25.9 Å². The van der Waals surface area contributed by atoms with E-state index in [0.29, 0.717) is 16.4 Å². The number of hydrogen-bond donors (Lipinski definition) is 1. The molecule has 7 nitrogen and oxygen atoms in total.